The first-order valence-electron chi connectivity index (χ1n) is 7.85. The predicted molar refractivity (Wildman–Crippen MR) is 78.2 cm³/mol. The van der Waals surface area contributed by atoms with Crippen molar-refractivity contribution in [2.45, 2.75) is 50.5 Å². The van der Waals surface area contributed by atoms with Gasteiger partial charge in [-0.2, -0.15) is 0 Å². The fourth-order valence-electron chi connectivity index (χ4n) is 3.43. The van der Waals surface area contributed by atoms with Crippen LogP contribution in [0.4, 0.5) is 4.79 Å². The fraction of sp³-hybridized carbons (Fsp3) is 0.867. The van der Waals surface area contributed by atoms with Crippen LogP contribution in [0.25, 0.3) is 0 Å². The molecule has 0 aromatic rings. The van der Waals surface area contributed by atoms with Crippen LogP contribution in [-0.2, 0) is 9.53 Å². The molecule has 2 rings (SSSR count). The van der Waals surface area contributed by atoms with Crippen molar-refractivity contribution >= 4 is 12.0 Å². The van der Waals surface area contributed by atoms with Gasteiger partial charge in [0.1, 0.15) is 0 Å². The molecular weight excluding hydrogens is 272 g/mol. The molecule has 21 heavy (non-hydrogen) atoms. The minimum atomic E-state index is -0.833. The van der Waals surface area contributed by atoms with Crippen LogP contribution in [0.15, 0.2) is 0 Å². The Bertz CT molecular complexity index is 374. The molecule has 2 fully saturated rings. The Labute approximate surface area is 125 Å². The van der Waals surface area contributed by atoms with Crippen LogP contribution in [0.1, 0.15) is 44.9 Å². The van der Waals surface area contributed by atoms with E-state index in [0.29, 0.717) is 19.1 Å². The molecule has 0 aromatic carbocycles. The molecule has 1 atom stereocenters. The molecule has 0 aromatic heterocycles. The molecule has 1 aliphatic carbocycles. The normalized spacial score (nSPS) is 24.5. The summed E-state index contributed by atoms with van der Waals surface area (Å²) in [6, 6.07) is -0.162. The Morgan fingerprint density at radius 3 is 2.62 bits per heavy atom. The number of hydrogen-bond donors (Lipinski definition) is 2. The lowest BCUT2D eigenvalue weighted by Gasteiger charge is -2.43. The number of amides is 2. The van der Waals surface area contributed by atoms with E-state index in [2.05, 4.69) is 5.32 Å². The van der Waals surface area contributed by atoms with Gasteiger partial charge in [0.15, 0.2) is 0 Å². The van der Waals surface area contributed by atoms with Crippen molar-refractivity contribution in [3.05, 3.63) is 0 Å². The summed E-state index contributed by atoms with van der Waals surface area (Å²) in [6.07, 6.45) is 5.65. The van der Waals surface area contributed by atoms with Crippen LogP contribution in [0, 0.1) is 5.92 Å². The van der Waals surface area contributed by atoms with E-state index in [1.807, 2.05) is 0 Å². The molecule has 2 amide bonds. The van der Waals surface area contributed by atoms with Gasteiger partial charge in [-0.25, -0.2) is 4.79 Å². The van der Waals surface area contributed by atoms with Crippen LogP contribution in [0.2, 0.25) is 0 Å². The largest absolute Gasteiger partial charge is 0.481 e. The van der Waals surface area contributed by atoms with Crippen molar-refractivity contribution in [1.29, 1.82) is 0 Å². The number of carboxylic acids is 1. The van der Waals surface area contributed by atoms with E-state index in [-0.39, 0.29) is 12.5 Å². The van der Waals surface area contributed by atoms with Crippen LogP contribution in [0.5, 0.6) is 0 Å². The molecule has 0 bridgehead atoms. The van der Waals surface area contributed by atoms with E-state index in [0.717, 1.165) is 45.1 Å². The molecule has 1 saturated heterocycles. The van der Waals surface area contributed by atoms with Gasteiger partial charge < -0.3 is 20.1 Å². The van der Waals surface area contributed by atoms with Crippen LogP contribution >= 0.6 is 0 Å². The second-order valence-corrected chi connectivity index (χ2v) is 6.33. The second kappa shape index (κ2) is 7.11. The van der Waals surface area contributed by atoms with Gasteiger partial charge in [0.25, 0.3) is 0 Å². The van der Waals surface area contributed by atoms with Gasteiger partial charge in [-0.3, -0.25) is 4.79 Å². The molecule has 1 aliphatic heterocycles. The van der Waals surface area contributed by atoms with Gasteiger partial charge >= 0.3 is 12.0 Å². The lowest BCUT2D eigenvalue weighted by molar-refractivity contribution is -0.140. The summed E-state index contributed by atoms with van der Waals surface area (Å²) >= 11 is 0. The number of hydrogen-bond acceptors (Lipinski definition) is 3. The monoisotopic (exact) mass is 298 g/mol. The van der Waals surface area contributed by atoms with E-state index in [1.165, 1.54) is 0 Å². The molecule has 120 valence electrons. The Morgan fingerprint density at radius 1 is 1.33 bits per heavy atom. The summed E-state index contributed by atoms with van der Waals surface area (Å²) < 4.78 is 5.30. The average molecular weight is 298 g/mol. The molecule has 0 radical (unpaired) electrons. The average Bonchev–Trinajstić information content (AvgIpc) is 2.97. The van der Waals surface area contributed by atoms with E-state index < -0.39 is 11.5 Å². The van der Waals surface area contributed by atoms with Crippen molar-refractivity contribution in [2.75, 3.05) is 26.8 Å². The third-order valence-electron chi connectivity index (χ3n) is 4.85. The van der Waals surface area contributed by atoms with Gasteiger partial charge in [-0.15, -0.1) is 0 Å². The molecule has 6 nitrogen and oxygen atoms in total. The first kappa shape index (κ1) is 16.1. The number of ether oxygens (including phenoxy) is 1. The molecule has 1 saturated carbocycles. The highest BCUT2D eigenvalue weighted by molar-refractivity contribution is 5.76. The smallest absolute Gasteiger partial charge is 0.317 e. The van der Waals surface area contributed by atoms with Gasteiger partial charge in [-0.05, 0) is 19.3 Å². The molecular formula is C15H26N2O4. The Balaban J connectivity index is 1.93. The van der Waals surface area contributed by atoms with Crippen LogP contribution in [-0.4, -0.2) is 54.4 Å². The number of carboxylic acid groups (broad SMARTS) is 1. The fourth-order valence-corrected chi connectivity index (χ4v) is 3.43. The summed E-state index contributed by atoms with van der Waals surface area (Å²) in [5, 5.41) is 12.1. The zero-order valence-corrected chi connectivity index (χ0v) is 12.8. The summed E-state index contributed by atoms with van der Waals surface area (Å²) in [5.41, 5.74) is -0.527. The van der Waals surface area contributed by atoms with E-state index in [1.54, 1.807) is 11.9 Å². The highest BCUT2D eigenvalue weighted by Gasteiger charge is 2.40. The molecule has 1 unspecified atom stereocenters. The zero-order valence-electron chi connectivity index (χ0n) is 12.8. The maximum absolute atomic E-state index is 12.4. The third-order valence-corrected chi connectivity index (χ3v) is 4.85. The quantitative estimate of drug-likeness (QED) is 0.812. The van der Waals surface area contributed by atoms with E-state index >= 15 is 0 Å². The minimum Gasteiger partial charge on any atom is -0.481 e. The van der Waals surface area contributed by atoms with Crippen LogP contribution < -0.4 is 5.32 Å². The number of aliphatic carboxylic acids is 1. The Kier molecular flexibility index (Phi) is 5.45. The van der Waals surface area contributed by atoms with E-state index in [4.69, 9.17) is 4.74 Å². The standard InChI is InChI=1S/C15H26N2O4/c1-17(14(20)16-10-12-5-8-21-11-12)15(9-13(18)19)6-3-2-4-7-15/h12H,2-11H2,1H3,(H,16,20)(H,18,19). The number of nitrogens with one attached hydrogen (secondary N) is 1. The van der Waals surface area contributed by atoms with Crippen molar-refractivity contribution < 1.29 is 19.4 Å². The number of carbonyl (C=O) groups excluding carboxylic acids is 1. The predicted octanol–water partition coefficient (Wildman–Crippen LogP) is 1.84. The number of carbonyl (C=O) groups is 2. The summed E-state index contributed by atoms with van der Waals surface area (Å²) in [5.74, 6) is -0.454. The van der Waals surface area contributed by atoms with Gasteiger partial charge in [-0.1, -0.05) is 19.3 Å². The second-order valence-electron chi connectivity index (χ2n) is 6.33. The maximum atomic E-state index is 12.4. The lowest BCUT2D eigenvalue weighted by Crippen LogP contribution is -2.55. The van der Waals surface area contributed by atoms with Crippen LogP contribution in [0.3, 0.4) is 0 Å². The SMILES string of the molecule is CN(C(=O)NCC1CCOC1)C1(CC(=O)O)CCCCC1. The third kappa shape index (κ3) is 4.09. The van der Waals surface area contributed by atoms with Crippen molar-refractivity contribution in [3.8, 4) is 0 Å². The van der Waals surface area contributed by atoms with Crippen molar-refractivity contribution in [1.82, 2.24) is 10.2 Å². The first-order valence-corrected chi connectivity index (χ1v) is 7.85. The molecule has 6 heteroatoms. The molecule has 2 N–H and O–H groups in total. The number of rotatable bonds is 5. The first-order chi connectivity index (χ1) is 10.0. The summed E-state index contributed by atoms with van der Waals surface area (Å²) in [4.78, 5) is 25.2. The van der Waals surface area contributed by atoms with Gasteiger partial charge in [0, 0.05) is 26.1 Å². The van der Waals surface area contributed by atoms with Crippen molar-refractivity contribution in [2.24, 2.45) is 5.92 Å². The van der Waals surface area contributed by atoms with E-state index in [9.17, 15) is 14.7 Å². The number of nitrogens with zero attached hydrogens (tertiary/aromatic N) is 1. The Morgan fingerprint density at radius 2 is 2.05 bits per heavy atom. The topological polar surface area (TPSA) is 78.9 Å². The minimum absolute atomic E-state index is 0.0312. The van der Waals surface area contributed by atoms with Gasteiger partial charge in [0.2, 0.25) is 0 Å². The van der Waals surface area contributed by atoms with Crippen molar-refractivity contribution in [3.63, 3.8) is 0 Å². The number of urea groups is 1. The molecule has 2 aliphatic rings. The Hall–Kier alpha value is -1.30. The highest BCUT2D eigenvalue weighted by Crippen LogP contribution is 2.35. The lowest BCUT2D eigenvalue weighted by atomic mass is 9.78. The molecule has 1 heterocycles. The van der Waals surface area contributed by atoms with Gasteiger partial charge in [0.05, 0.1) is 18.6 Å². The maximum Gasteiger partial charge on any atom is 0.317 e. The summed E-state index contributed by atoms with van der Waals surface area (Å²) in [7, 11) is 1.73. The molecule has 0 spiro atoms. The zero-order chi connectivity index (χ0) is 15.3. The summed E-state index contributed by atoms with van der Waals surface area (Å²) in [6.45, 7) is 2.07. The highest BCUT2D eigenvalue weighted by atomic mass is 16.5.